The van der Waals surface area contributed by atoms with Crippen molar-refractivity contribution in [3.05, 3.63) is 96.5 Å². The van der Waals surface area contributed by atoms with Gasteiger partial charge in [-0.3, -0.25) is 0 Å². The monoisotopic (exact) mass is 276 g/mol. The Morgan fingerprint density at radius 3 is 1.48 bits per heavy atom. The zero-order chi connectivity index (χ0) is 14.8. The molecule has 0 saturated heterocycles. The van der Waals surface area contributed by atoms with Gasteiger partial charge in [-0.05, 0) is 22.4 Å². The number of nitrogens with zero attached hydrogens (tertiary/aromatic N) is 3. The van der Waals surface area contributed by atoms with Crippen LogP contribution in [0.25, 0.3) is 5.57 Å². The number of rotatable bonds is 2. The Hall–Kier alpha value is -3.01. The highest BCUT2D eigenvalue weighted by atomic mass is 15.3. The van der Waals surface area contributed by atoms with Crippen molar-refractivity contribution in [2.45, 2.75) is 0 Å². The predicted molar refractivity (Wildman–Crippen MR) is 84.0 cm³/mol. The zero-order valence-electron chi connectivity index (χ0n) is 11.5. The maximum atomic E-state index is 5.67. The van der Waals surface area contributed by atoms with Crippen molar-refractivity contribution in [2.75, 3.05) is 0 Å². The van der Waals surface area contributed by atoms with Gasteiger partial charge in [0.1, 0.15) is 0 Å². The highest BCUT2D eigenvalue weighted by molar-refractivity contribution is 5.79. The minimum absolute atomic E-state index is 1.07. The molecule has 0 radical (unpaired) electrons. The fraction of sp³-hybridized carbons (Fsp3) is 0. The molecule has 3 rings (SSSR count). The fourth-order valence-corrected chi connectivity index (χ4v) is 1.80. The number of benzene rings is 2. The summed E-state index contributed by atoms with van der Waals surface area (Å²) in [6.07, 6.45) is 4.81. The maximum Gasteiger partial charge on any atom is 0.0529 e. The highest BCUT2D eigenvalue weighted by Crippen LogP contribution is 2.21. The van der Waals surface area contributed by atoms with Crippen molar-refractivity contribution in [3.63, 3.8) is 0 Å². The standard InChI is InChI=1S/C14H13N.C3H3N3/c15-11-14(12-7-3-1-4-8-12)13-9-5-2-6-10-13;1-2-4-6-5-3-1/h1-11H,15H2;1-3H. The smallest absolute Gasteiger partial charge is 0.0529 e. The molecule has 2 aromatic carbocycles. The van der Waals surface area contributed by atoms with Gasteiger partial charge in [0.15, 0.2) is 0 Å². The second kappa shape index (κ2) is 8.22. The topological polar surface area (TPSA) is 64.7 Å². The highest BCUT2D eigenvalue weighted by Gasteiger charge is 2.01. The largest absolute Gasteiger partial charge is 0.404 e. The lowest BCUT2D eigenvalue weighted by molar-refractivity contribution is 0.865. The summed E-state index contributed by atoms with van der Waals surface area (Å²) in [6.45, 7) is 0. The second-order valence-electron chi connectivity index (χ2n) is 4.12. The summed E-state index contributed by atoms with van der Waals surface area (Å²) in [5, 5.41) is 10.1. The summed E-state index contributed by atoms with van der Waals surface area (Å²) in [5.41, 5.74) is 9.03. The van der Waals surface area contributed by atoms with Crippen molar-refractivity contribution in [3.8, 4) is 0 Å². The molecule has 0 atom stereocenters. The summed E-state index contributed by atoms with van der Waals surface area (Å²) in [4.78, 5) is 0. The Kier molecular flexibility index (Phi) is 5.64. The van der Waals surface area contributed by atoms with E-state index in [9.17, 15) is 0 Å². The van der Waals surface area contributed by atoms with Gasteiger partial charge < -0.3 is 5.73 Å². The van der Waals surface area contributed by atoms with Crippen molar-refractivity contribution in [1.82, 2.24) is 15.4 Å². The Morgan fingerprint density at radius 2 is 1.19 bits per heavy atom. The van der Waals surface area contributed by atoms with Crippen LogP contribution in [-0.4, -0.2) is 15.4 Å². The maximum absolute atomic E-state index is 5.67. The third-order valence-electron chi connectivity index (χ3n) is 2.74. The van der Waals surface area contributed by atoms with Crippen LogP contribution < -0.4 is 5.73 Å². The number of nitrogens with two attached hydrogens (primary N) is 1. The van der Waals surface area contributed by atoms with Crippen LogP contribution in [0.5, 0.6) is 0 Å². The number of aromatic nitrogens is 3. The van der Waals surface area contributed by atoms with E-state index in [4.69, 9.17) is 5.73 Å². The van der Waals surface area contributed by atoms with Crippen LogP contribution in [0.3, 0.4) is 0 Å². The third kappa shape index (κ3) is 4.54. The van der Waals surface area contributed by atoms with Gasteiger partial charge in [-0.2, -0.15) is 0 Å². The molecule has 0 aliphatic heterocycles. The summed E-state index contributed by atoms with van der Waals surface area (Å²) in [7, 11) is 0. The molecule has 0 saturated carbocycles. The average molecular weight is 276 g/mol. The molecule has 1 heterocycles. The molecule has 4 nitrogen and oxygen atoms in total. The van der Waals surface area contributed by atoms with Gasteiger partial charge >= 0.3 is 0 Å². The van der Waals surface area contributed by atoms with Crippen molar-refractivity contribution in [2.24, 2.45) is 5.73 Å². The first kappa shape index (κ1) is 14.4. The summed E-state index contributed by atoms with van der Waals surface area (Å²) in [6, 6.07) is 22.0. The third-order valence-corrected chi connectivity index (χ3v) is 2.74. The summed E-state index contributed by atoms with van der Waals surface area (Å²) >= 11 is 0. The van der Waals surface area contributed by atoms with Gasteiger partial charge in [0, 0.05) is 11.8 Å². The molecule has 0 amide bonds. The molecular weight excluding hydrogens is 260 g/mol. The molecule has 3 aromatic rings. The first-order valence-corrected chi connectivity index (χ1v) is 6.53. The van der Waals surface area contributed by atoms with Crippen LogP contribution in [-0.2, 0) is 0 Å². The second-order valence-corrected chi connectivity index (χ2v) is 4.12. The molecule has 0 spiro atoms. The minimum Gasteiger partial charge on any atom is -0.404 e. The van der Waals surface area contributed by atoms with Gasteiger partial charge in [-0.1, -0.05) is 60.7 Å². The van der Waals surface area contributed by atoms with Crippen LogP contribution in [0, 0.1) is 0 Å². The fourth-order valence-electron chi connectivity index (χ4n) is 1.80. The van der Waals surface area contributed by atoms with E-state index in [1.807, 2.05) is 36.4 Å². The predicted octanol–water partition coefficient (Wildman–Crippen LogP) is 2.91. The Labute approximate surface area is 124 Å². The number of hydrogen-bond donors (Lipinski definition) is 1. The first-order chi connectivity index (χ1) is 10.4. The molecule has 21 heavy (non-hydrogen) atoms. The molecule has 0 bridgehead atoms. The number of hydrogen-bond acceptors (Lipinski definition) is 4. The van der Waals surface area contributed by atoms with Gasteiger partial charge in [-0.15, -0.1) is 10.2 Å². The van der Waals surface area contributed by atoms with E-state index >= 15 is 0 Å². The van der Waals surface area contributed by atoms with Crippen LogP contribution >= 0.6 is 0 Å². The van der Waals surface area contributed by atoms with Gasteiger partial charge in [-0.25, -0.2) is 0 Å². The van der Waals surface area contributed by atoms with Gasteiger partial charge in [0.2, 0.25) is 0 Å². The summed E-state index contributed by atoms with van der Waals surface area (Å²) in [5.74, 6) is 0. The molecule has 1 aromatic heterocycles. The molecule has 0 fully saturated rings. The van der Waals surface area contributed by atoms with Gasteiger partial charge in [0.05, 0.1) is 12.4 Å². The van der Waals surface area contributed by atoms with E-state index in [0.717, 1.165) is 16.7 Å². The molecular formula is C17H16N4. The zero-order valence-corrected chi connectivity index (χ0v) is 11.5. The van der Waals surface area contributed by atoms with Crippen LogP contribution in [0.1, 0.15) is 11.1 Å². The van der Waals surface area contributed by atoms with Crippen molar-refractivity contribution in [1.29, 1.82) is 0 Å². The van der Waals surface area contributed by atoms with E-state index in [-0.39, 0.29) is 0 Å². The van der Waals surface area contributed by atoms with Crippen LogP contribution in [0.4, 0.5) is 0 Å². The van der Waals surface area contributed by atoms with Crippen LogP contribution in [0.15, 0.2) is 85.3 Å². The van der Waals surface area contributed by atoms with E-state index in [2.05, 4.69) is 39.7 Å². The lowest BCUT2D eigenvalue weighted by Crippen LogP contribution is -1.91. The summed E-state index contributed by atoms with van der Waals surface area (Å²) < 4.78 is 0. The lowest BCUT2D eigenvalue weighted by Gasteiger charge is -2.06. The van der Waals surface area contributed by atoms with Crippen molar-refractivity contribution >= 4 is 5.57 Å². The normalized spacial score (nSPS) is 9.14. The van der Waals surface area contributed by atoms with E-state index in [0.29, 0.717) is 0 Å². The minimum atomic E-state index is 1.07. The quantitative estimate of drug-likeness (QED) is 0.781. The molecule has 0 unspecified atom stereocenters. The Morgan fingerprint density at radius 1 is 0.714 bits per heavy atom. The van der Waals surface area contributed by atoms with E-state index in [1.165, 1.54) is 0 Å². The van der Waals surface area contributed by atoms with Crippen molar-refractivity contribution < 1.29 is 0 Å². The lowest BCUT2D eigenvalue weighted by atomic mass is 9.99. The molecule has 104 valence electrons. The molecule has 4 heteroatoms. The van der Waals surface area contributed by atoms with Gasteiger partial charge in [0.25, 0.3) is 0 Å². The molecule has 0 aliphatic rings. The average Bonchev–Trinajstić information content (AvgIpc) is 2.60. The Bertz CT molecular complexity index is 584. The molecule has 0 aliphatic carbocycles. The molecule has 2 N–H and O–H groups in total. The van der Waals surface area contributed by atoms with E-state index < -0.39 is 0 Å². The Balaban J connectivity index is 0.000000225. The van der Waals surface area contributed by atoms with E-state index in [1.54, 1.807) is 24.7 Å². The SMILES string of the molecule is NC=C(c1ccccc1)c1ccccc1.c1cnnnc1. The van der Waals surface area contributed by atoms with Crippen LogP contribution in [0.2, 0.25) is 0 Å². The first-order valence-electron chi connectivity index (χ1n) is 6.53.